The van der Waals surface area contributed by atoms with Crippen LogP contribution < -0.4 is 10.2 Å². The van der Waals surface area contributed by atoms with E-state index in [9.17, 15) is 14.0 Å². The molecule has 3 aromatic rings. The van der Waals surface area contributed by atoms with Gasteiger partial charge in [0.2, 0.25) is 5.91 Å². The van der Waals surface area contributed by atoms with Gasteiger partial charge in [0.25, 0.3) is 0 Å². The van der Waals surface area contributed by atoms with Gasteiger partial charge >= 0.3 is 6.03 Å². The number of carbonyl (C=O) groups excluding carboxylic acids is 2. The van der Waals surface area contributed by atoms with Gasteiger partial charge in [0.1, 0.15) is 30.1 Å². The number of imidazole rings is 1. The Hall–Kier alpha value is -3.53. The third-order valence-corrected chi connectivity index (χ3v) is 6.39. The first-order valence-corrected chi connectivity index (χ1v) is 11.3. The predicted octanol–water partition coefficient (Wildman–Crippen LogP) is 4.18. The van der Waals surface area contributed by atoms with Crippen molar-refractivity contribution >= 4 is 46.1 Å². The van der Waals surface area contributed by atoms with E-state index in [2.05, 4.69) is 20.3 Å². The fourth-order valence-corrected chi connectivity index (χ4v) is 4.56. The molecule has 2 aromatic carbocycles. The number of halogens is 3. The zero-order chi connectivity index (χ0) is 23.8. The number of nitrogens with zero attached hydrogens (tertiary/aromatic N) is 4. The van der Waals surface area contributed by atoms with Crippen molar-refractivity contribution in [2.24, 2.45) is 4.99 Å². The number of aromatic nitrogens is 2. The van der Waals surface area contributed by atoms with Crippen molar-refractivity contribution in [3.8, 4) is 0 Å². The van der Waals surface area contributed by atoms with Crippen molar-refractivity contribution in [2.45, 2.75) is 25.3 Å². The minimum Gasteiger partial charge on any atom is -0.345 e. The number of urea groups is 1. The molecular formula is C23H21ClF2N6O2. The lowest BCUT2D eigenvalue weighted by Crippen LogP contribution is -2.37. The second kappa shape index (κ2) is 9.02. The summed E-state index contributed by atoms with van der Waals surface area (Å²) in [5, 5.41) is 2.30. The van der Waals surface area contributed by atoms with Crippen LogP contribution in [0.25, 0.3) is 11.0 Å². The number of likely N-dealkylation sites (tertiary alicyclic amines) is 1. The third kappa shape index (κ3) is 3.98. The molecule has 11 heteroatoms. The molecule has 0 radical (unpaired) electrons. The van der Waals surface area contributed by atoms with Gasteiger partial charge in [0, 0.05) is 18.8 Å². The highest BCUT2D eigenvalue weighted by atomic mass is 35.5. The number of fused-ring (bicyclic) bond motifs is 1. The van der Waals surface area contributed by atoms with E-state index in [1.54, 1.807) is 23.1 Å². The smallest absolute Gasteiger partial charge is 0.328 e. The van der Waals surface area contributed by atoms with E-state index in [0.717, 1.165) is 31.4 Å². The van der Waals surface area contributed by atoms with Crippen LogP contribution in [0.4, 0.5) is 19.3 Å². The number of aromatic amines is 1. The molecule has 3 amide bonds. The summed E-state index contributed by atoms with van der Waals surface area (Å²) in [6.07, 6.45) is 4.42. The molecule has 1 unspecified atom stereocenters. The van der Waals surface area contributed by atoms with Crippen molar-refractivity contribution in [3.63, 3.8) is 0 Å². The number of anilines is 1. The van der Waals surface area contributed by atoms with Crippen LogP contribution in [0.15, 0.2) is 41.7 Å². The number of benzene rings is 2. The lowest BCUT2D eigenvalue weighted by atomic mass is 10.0. The summed E-state index contributed by atoms with van der Waals surface area (Å²) in [7, 11) is 0. The normalized spacial score (nSPS) is 19.8. The van der Waals surface area contributed by atoms with E-state index in [4.69, 9.17) is 11.6 Å². The zero-order valence-corrected chi connectivity index (χ0v) is 18.8. The number of H-pyrrole nitrogens is 1. The second-order valence-electron chi connectivity index (χ2n) is 8.21. The summed E-state index contributed by atoms with van der Waals surface area (Å²) < 4.78 is 30.1. The number of hydrogen-bond acceptors (Lipinski definition) is 4. The molecule has 5 rings (SSSR count). The third-order valence-electron chi connectivity index (χ3n) is 6.10. The Bertz CT molecular complexity index is 1300. The molecular weight excluding hydrogens is 466 g/mol. The maximum absolute atomic E-state index is 15.1. The van der Waals surface area contributed by atoms with E-state index in [-0.39, 0.29) is 23.3 Å². The van der Waals surface area contributed by atoms with Gasteiger partial charge < -0.3 is 9.88 Å². The largest absolute Gasteiger partial charge is 0.345 e. The number of amidine groups is 1. The van der Waals surface area contributed by atoms with Crippen LogP contribution in [-0.4, -0.2) is 52.3 Å². The molecule has 2 aliphatic heterocycles. The van der Waals surface area contributed by atoms with Crippen molar-refractivity contribution in [1.29, 1.82) is 0 Å². The Morgan fingerprint density at radius 2 is 1.97 bits per heavy atom. The molecule has 34 heavy (non-hydrogen) atoms. The first-order chi connectivity index (χ1) is 16.4. The monoisotopic (exact) mass is 486 g/mol. The molecule has 2 fully saturated rings. The zero-order valence-electron chi connectivity index (χ0n) is 18.0. The number of rotatable bonds is 4. The number of amides is 3. The van der Waals surface area contributed by atoms with Crippen LogP contribution in [0.3, 0.4) is 0 Å². The fraction of sp³-hybridized carbons (Fsp3) is 0.304. The Balaban J connectivity index is 1.56. The quantitative estimate of drug-likeness (QED) is 0.542. The molecule has 2 saturated heterocycles. The molecule has 1 aromatic heterocycles. The second-order valence-corrected chi connectivity index (χ2v) is 8.61. The molecule has 0 aliphatic carbocycles. The highest BCUT2D eigenvalue weighted by Gasteiger charge is 2.42. The molecule has 176 valence electrons. The molecule has 0 saturated carbocycles. The summed E-state index contributed by atoms with van der Waals surface area (Å²) in [6.45, 7) is 1.05. The molecule has 0 spiro atoms. The van der Waals surface area contributed by atoms with Crippen molar-refractivity contribution in [3.05, 3.63) is 58.9 Å². The Morgan fingerprint density at radius 3 is 2.76 bits per heavy atom. The molecule has 3 heterocycles. The van der Waals surface area contributed by atoms with Gasteiger partial charge in [0.15, 0.2) is 0 Å². The van der Waals surface area contributed by atoms with E-state index < -0.39 is 29.3 Å². The van der Waals surface area contributed by atoms with Crippen molar-refractivity contribution < 1.29 is 18.4 Å². The lowest BCUT2D eigenvalue weighted by Gasteiger charge is -2.26. The maximum Gasteiger partial charge on any atom is 0.328 e. The highest BCUT2D eigenvalue weighted by Crippen LogP contribution is 2.37. The Morgan fingerprint density at radius 1 is 1.18 bits per heavy atom. The summed E-state index contributed by atoms with van der Waals surface area (Å²) >= 11 is 5.96. The summed E-state index contributed by atoms with van der Waals surface area (Å²) in [6, 6.07) is 5.20. The average molecular weight is 487 g/mol. The molecule has 8 nitrogen and oxygen atoms in total. The molecule has 0 bridgehead atoms. The van der Waals surface area contributed by atoms with Crippen LogP contribution in [0.5, 0.6) is 0 Å². The Labute approximate surface area is 198 Å². The number of nitrogens with one attached hydrogen (secondary N) is 2. The van der Waals surface area contributed by atoms with Gasteiger partial charge in [-0.05, 0) is 49.6 Å². The molecule has 2 N–H and O–H groups in total. The first-order valence-electron chi connectivity index (χ1n) is 10.9. The topological polar surface area (TPSA) is 93.7 Å². The van der Waals surface area contributed by atoms with Gasteiger partial charge in [-0.1, -0.05) is 11.6 Å². The SMILES string of the molecule is O=C(C/N=C1\NC(=O)N(c2ccc3nc[nH]c3c2)C1c1c(F)ccc(Cl)c1F)N1CCCCC1. The maximum atomic E-state index is 15.1. The van der Waals surface area contributed by atoms with Crippen LogP contribution in [0.1, 0.15) is 30.9 Å². The van der Waals surface area contributed by atoms with Crippen LogP contribution >= 0.6 is 11.6 Å². The Kier molecular flexibility index (Phi) is 5.91. The minimum atomic E-state index is -1.28. The summed E-state index contributed by atoms with van der Waals surface area (Å²) in [5.41, 5.74) is 1.24. The van der Waals surface area contributed by atoms with Gasteiger partial charge in [-0.3, -0.25) is 20.0 Å². The lowest BCUT2D eigenvalue weighted by molar-refractivity contribution is -0.130. The molecule has 1 atom stereocenters. The van der Waals surface area contributed by atoms with Crippen LogP contribution in [0.2, 0.25) is 5.02 Å². The van der Waals surface area contributed by atoms with E-state index >= 15 is 4.39 Å². The van der Waals surface area contributed by atoms with Gasteiger partial charge in [-0.15, -0.1) is 0 Å². The number of carbonyl (C=O) groups is 2. The number of piperidine rings is 1. The van der Waals surface area contributed by atoms with E-state index in [1.807, 2.05) is 0 Å². The van der Waals surface area contributed by atoms with Crippen LogP contribution in [-0.2, 0) is 4.79 Å². The van der Waals surface area contributed by atoms with Gasteiger partial charge in [0.05, 0.1) is 27.9 Å². The van der Waals surface area contributed by atoms with Crippen molar-refractivity contribution in [2.75, 3.05) is 24.5 Å². The molecule has 2 aliphatic rings. The predicted molar refractivity (Wildman–Crippen MR) is 124 cm³/mol. The van der Waals surface area contributed by atoms with Crippen molar-refractivity contribution in [1.82, 2.24) is 20.2 Å². The fourth-order valence-electron chi connectivity index (χ4n) is 4.40. The average Bonchev–Trinajstić information content (AvgIpc) is 3.44. The highest BCUT2D eigenvalue weighted by molar-refractivity contribution is 6.31. The van der Waals surface area contributed by atoms with Gasteiger partial charge in [-0.2, -0.15) is 0 Å². The summed E-state index contributed by atoms with van der Waals surface area (Å²) in [4.78, 5) is 40.0. The van der Waals surface area contributed by atoms with Crippen LogP contribution in [0, 0.1) is 11.6 Å². The standard InChI is InChI=1S/C23H21ClF2N6O2/c24-14-5-6-15(25)19(20(14)26)21-22(27-11-18(33)31-8-2-1-3-9-31)30-23(34)32(21)13-4-7-16-17(10-13)29-12-28-16/h4-7,10,12,21H,1-3,8-9,11H2,(H,28,29)(H,27,30,34). The van der Waals surface area contributed by atoms with E-state index in [1.165, 1.54) is 11.2 Å². The summed E-state index contributed by atoms with van der Waals surface area (Å²) in [5.74, 6) is -2.11. The van der Waals surface area contributed by atoms with E-state index in [0.29, 0.717) is 29.8 Å². The van der Waals surface area contributed by atoms with Gasteiger partial charge in [-0.25, -0.2) is 18.6 Å². The number of hydrogen-bond donors (Lipinski definition) is 2. The number of aliphatic imine (C=N–C) groups is 1. The first kappa shape index (κ1) is 22.3. The minimum absolute atomic E-state index is 0.0277.